The highest BCUT2D eigenvalue weighted by Gasteiger charge is 2.15. The Hall–Kier alpha value is -1.69. The number of hydrogen-bond acceptors (Lipinski definition) is 5. The van der Waals surface area contributed by atoms with Crippen LogP contribution < -0.4 is 15.5 Å². The van der Waals surface area contributed by atoms with E-state index in [0.717, 1.165) is 38.4 Å². The first-order valence-corrected chi connectivity index (χ1v) is 7.39. The second kappa shape index (κ2) is 7.79. The predicted octanol–water partition coefficient (Wildman–Crippen LogP) is 0.806. The quantitative estimate of drug-likeness (QED) is 0.722. The molecule has 0 atom stereocenters. The van der Waals surface area contributed by atoms with E-state index in [1.165, 1.54) is 12.8 Å². The third-order valence-electron chi connectivity index (χ3n) is 3.33. The highest BCUT2D eigenvalue weighted by atomic mass is 16.1. The Morgan fingerprint density at radius 1 is 1.20 bits per heavy atom. The number of aromatic nitrogens is 2. The number of rotatable bonds is 7. The van der Waals surface area contributed by atoms with Gasteiger partial charge in [0.2, 0.25) is 0 Å². The van der Waals surface area contributed by atoms with E-state index in [-0.39, 0.29) is 5.91 Å². The van der Waals surface area contributed by atoms with Crippen LogP contribution in [0.25, 0.3) is 0 Å². The molecule has 0 aliphatic carbocycles. The largest absolute Gasteiger partial charge is 0.355 e. The van der Waals surface area contributed by atoms with Gasteiger partial charge in [0.05, 0.1) is 0 Å². The Kier molecular flexibility index (Phi) is 5.73. The van der Waals surface area contributed by atoms with Gasteiger partial charge in [-0.1, -0.05) is 6.92 Å². The average Bonchev–Trinajstić information content (AvgIpc) is 3.01. The summed E-state index contributed by atoms with van der Waals surface area (Å²) in [5.41, 5.74) is 0.378. The smallest absolute Gasteiger partial charge is 0.271 e. The molecule has 1 saturated heterocycles. The maximum atomic E-state index is 11.9. The molecule has 0 unspecified atom stereocenters. The maximum absolute atomic E-state index is 11.9. The molecule has 0 spiro atoms. The molecule has 1 aromatic rings. The van der Waals surface area contributed by atoms with E-state index in [9.17, 15) is 4.79 Å². The fourth-order valence-electron chi connectivity index (χ4n) is 2.22. The lowest BCUT2D eigenvalue weighted by atomic mass is 10.3. The van der Waals surface area contributed by atoms with Gasteiger partial charge in [-0.15, -0.1) is 10.2 Å². The molecule has 2 heterocycles. The van der Waals surface area contributed by atoms with Crippen molar-refractivity contribution in [2.45, 2.75) is 26.2 Å². The molecule has 1 amide bonds. The topological polar surface area (TPSA) is 70.2 Å². The van der Waals surface area contributed by atoms with Crippen LogP contribution in [0.1, 0.15) is 36.7 Å². The van der Waals surface area contributed by atoms with Crippen LogP contribution in [-0.4, -0.2) is 48.8 Å². The fourth-order valence-corrected chi connectivity index (χ4v) is 2.22. The van der Waals surface area contributed by atoms with Crippen LogP contribution in [0.3, 0.4) is 0 Å². The van der Waals surface area contributed by atoms with E-state index in [0.29, 0.717) is 12.2 Å². The van der Waals surface area contributed by atoms with Gasteiger partial charge in [-0.05, 0) is 37.9 Å². The van der Waals surface area contributed by atoms with Gasteiger partial charge in [0.1, 0.15) is 0 Å². The summed E-state index contributed by atoms with van der Waals surface area (Å²) in [6.45, 7) is 6.53. The van der Waals surface area contributed by atoms with Gasteiger partial charge in [0.25, 0.3) is 5.91 Å². The van der Waals surface area contributed by atoms with Crippen molar-refractivity contribution >= 4 is 11.7 Å². The van der Waals surface area contributed by atoms with E-state index in [4.69, 9.17) is 0 Å². The number of amides is 1. The highest BCUT2D eigenvalue weighted by Crippen LogP contribution is 2.16. The normalized spacial score (nSPS) is 14.6. The SMILES string of the molecule is CCCNCCNC(=O)c1ccc(N2CCCC2)nn1. The van der Waals surface area contributed by atoms with Gasteiger partial charge in [0, 0.05) is 26.2 Å². The summed E-state index contributed by atoms with van der Waals surface area (Å²) in [6.07, 6.45) is 3.50. The van der Waals surface area contributed by atoms with Crippen molar-refractivity contribution in [2.24, 2.45) is 0 Å². The summed E-state index contributed by atoms with van der Waals surface area (Å²) in [5.74, 6) is 0.701. The van der Waals surface area contributed by atoms with Crippen molar-refractivity contribution in [1.82, 2.24) is 20.8 Å². The molecule has 1 aromatic heterocycles. The van der Waals surface area contributed by atoms with Crippen molar-refractivity contribution < 1.29 is 4.79 Å². The summed E-state index contributed by atoms with van der Waals surface area (Å²) < 4.78 is 0. The van der Waals surface area contributed by atoms with Crippen molar-refractivity contribution in [3.05, 3.63) is 17.8 Å². The molecule has 1 aliphatic heterocycles. The minimum Gasteiger partial charge on any atom is -0.355 e. The first-order valence-electron chi connectivity index (χ1n) is 7.39. The van der Waals surface area contributed by atoms with E-state index >= 15 is 0 Å². The molecular weight excluding hydrogens is 254 g/mol. The van der Waals surface area contributed by atoms with Crippen LogP contribution in [-0.2, 0) is 0 Å². The zero-order valence-corrected chi connectivity index (χ0v) is 12.1. The van der Waals surface area contributed by atoms with Crippen molar-refractivity contribution in [2.75, 3.05) is 37.6 Å². The summed E-state index contributed by atoms with van der Waals surface area (Å²) in [4.78, 5) is 14.1. The Balaban J connectivity index is 1.78. The maximum Gasteiger partial charge on any atom is 0.271 e. The van der Waals surface area contributed by atoms with Crippen molar-refractivity contribution in [3.8, 4) is 0 Å². The number of anilines is 1. The third kappa shape index (κ3) is 4.16. The van der Waals surface area contributed by atoms with E-state index < -0.39 is 0 Å². The Labute approximate surface area is 120 Å². The van der Waals surface area contributed by atoms with Gasteiger partial charge in [0.15, 0.2) is 11.5 Å². The van der Waals surface area contributed by atoms with E-state index in [1.54, 1.807) is 6.07 Å². The van der Waals surface area contributed by atoms with Crippen molar-refractivity contribution in [1.29, 1.82) is 0 Å². The molecule has 1 aliphatic rings. The van der Waals surface area contributed by atoms with Gasteiger partial charge in [-0.2, -0.15) is 0 Å². The summed E-state index contributed by atoms with van der Waals surface area (Å²) in [7, 11) is 0. The Bertz CT molecular complexity index is 414. The third-order valence-corrected chi connectivity index (χ3v) is 3.33. The first kappa shape index (κ1) is 14.7. The Morgan fingerprint density at radius 3 is 2.65 bits per heavy atom. The molecule has 6 nitrogen and oxygen atoms in total. The standard InChI is InChI=1S/C14H23N5O/c1-2-7-15-8-9-16-14(20)12-5-6-13(18-17-12)19-10-3-4-11-19/h5-6,15H,2-4,7-11H2,1H3,(H,16,20). The lowest BCUT2D eigenvalue weighted by Crippen LogP contribution is -2.32. The average molecular weight is 277 g/mol. The predicted molar refractivity (Wildman–Crippen MR) is 79.0 cm³/mol. The molecule has 2 rings (SSSR count). The van der Waals surface area contributed by atoms with E-state index in [1.807, 2.05) is 6.07 Å². The molecule has 6 heteroatoms. The number of nitrogens with zero attached hydrogens (tertiary/aromatic N) is 3. The zero-order chi connectivity index (χ0) is 14.2. The number of nitrogens with one attached hydrogen (secondary N) is 2. The molecule has 0 bridgehead atoms. The molecule has 0 radical (unpaired) electrons. The first-order chi connectivity index (χ1) is 9.81. The molecule has 110 valence electrons. The lowest BCUT2D eigenvalue weighted by molar-refractivity contribution is 0.0948. The number of hydrogen-bond donors (Lipinski definition) is 2. The lowest BCUT2D eigenvalue weighted by Gasteiger charge is -2.15. The molecule has 20 heavy (non-hydrogen) atoms. The number of carbonyl (C=O) groups is 1. The second-order valence-corrected chi connectivity index (χ2v) is 4.98. The zero-order valence-electron chi connectivity index (χ0n) is 12.1. The van der Waals surface area contributed by atoms with Crippen LogP contribution in [0.5, 0.6) is 0 Å². The van der Waals surface area contributed by atoms with Crippen LogP contribution in [0.15, 0.2) is 12.1 Å². The van der Waals surface area contributed by atoms with Crippen molar-refractivity contribution in [3.63, 3.8) is 0 Å². The van der Waals surface area contributed by atoms with Gasteiger partial charge in [-0.25, -0.2) is 0 Å². The summed E-state index contributed by atoms with van der Waals surface area (Å²) >= 11 is 0. The highest BCUT2D eigenvalue weighted by molar-refractivity contribution is 5.92. The van der Waals surface area contributed by atoms with E-state index in [2.05, 4.69) is 32.7 Å². The fraction of sp³-hybridized carbons (Fsp3) is 0.643. The minimum absolute atomic E-state index is 0.163. The van der Waals surface area contributed by atoms with Crippen LogP contribution in [0.2, 0.25) is 0 Å². The molecule has 1 fully saturated rings. The molecular formula is C14H23N5O. The molecule has 0 aromatic carbocycles. The van der Waals surface area contributed by atoms with Crippen LogP contribution >= 0.6 is 0 Å². The summed E-state index contributed by atoms with van der Waals surface area (Å²) in [6, 6.07) is 3.62. The minimum atomic E-state index is -0.163. The number of carbonyl (C=O) groups excluding carboxylic acids is 1. The summed E-state index contributed by atoms with van der Waals surface area (Å²) in [5, 5.41) is 14.2. The van der Waals surface area contributed by atoms with Crippen LogP contribution in [0.4, 0.5) is 5.82 Å². The second-order valence-electron chi connectivity index (χ2n) is 4.98. The Morgan fingerprint density at radius 2 is 2.00 bits per heavy atom. The van der Waals surface area contributed by atoms with Crippen LogP contribution in [0, 0.1) is 0 Å². The van der Waals surface area contributed by atoms with Gasteiger partial charge >= 0.3 is 0 Å². The molecule has 0 saturated carbocycles. The van der Waals surface area contributed by atoms with Gasteiger partial charge < -0.3 is 15.5 Å². The monoisotopic (exact) mass is 277 g/mol. The van der Waals surface area contributed by atoms with Gasteiger partial charge in [-0.3, -0.25) is 4.79 Å². The molecule has 2 N–H and O–H groups in total.